The Morgan fingerprint density at radius 1 is 1.39 bits per heavy atom. The maximum absolute atomic E-state index is 11.2. The molecular weight excluding hydrogens is 252 g/mol. The summed E-state index contributed by atoms with van der Waals surface area (Å²) in [7, 11) is 1.60. The Kier molecular flexibility index (Phi) is 3.58. The first kappa shape index (κ1) is 12.5. The maximum Gasteiger partial charge on any atom is 0.204 e. The van der Waals surface area contributed by atoms with E-state index in [1.807, 2.05) is 16.7 Å². The number of benzene rings is 1. The number of halogens is 1. The van der Waals surface area contributed by atoms with Crippen molar-refractivity contribution in [1.29, 1.82) is 0 Å². The molecule has 1 aromatic heterocycles. The lowest BCUT2D eigenvalue weighted by molar-refractivity contribution is 0.408. The maximum atomic E-state index is 11.2. The molecule has 0 spiro atoms. The Morgan fingerprint density at radius 2 is 2.17 bits per heavy atom. The predicted octanol–water partition coefficient (Wildman–Crippen LogP) is 2.14. The van der Waals surface area contributed by atoms with Gasteiger partial charge < -0.3 is 15.0 Å². The quantitative estimate of drug-likeness (QED) is 0.924. The molecule has 0 saturated carbocycles. The molecule has 0 atom stereocenters. The van der Waals surface area contributed by atoms with Crippen molar-refractivity contribution in [3.8, 4) is 5.75 Å². The number of ether oxygens (including phenoxy) is 1. The lowest BCUT2D eigenvalue weighted by Crippen LogP contribution is -2.11. The number of nitrogen functional groups attached to an aromatic ring is 1. The van der Waals surface area contributed by atoms with E-state index in [4.69, 9.17) is 22.1 Å². The molecule has 2 aromatic rings. The van der Waals surface area contributed by atoms with Crippen LogP contribution in [-0.4, -0.2) is 11.7 Å². The van der Waals surface area contributed by atoms with Crippen molar-refractivity contribution < 1.29 is 4.74 Å². The summed E-state index contributed by atoms with van der Waals surface area (Å²) in [6.07, 6.45) is 3.28. The first-order valence-corrected chi connectivity index (χ1v) is 5.76. The zero-order chi connectivity index (χ0) is 13.1. The van der Waals surface area contributed by atoms with E-state index < -0.39 is 0 Å². The Bertz CT molecular complexity index is 623. The van der Waals surface area contributed by atoms with Gasteiger partial charge in [-0.15, -0.1) is 0 Å². The van der Waals surface area contributed by atoms with Crippen LogP contribution in [0.5, 0.6) is 5.75 Å². The molecule has 18 heavy (non-hydrogen) atoms. The lowest BCUT2D eigenvalue weighted by atomic mass is 10.2. The van der Waals surface area contributed by atoms with Gasteiger partial charge in [-0.3, -0.25) is 4.79 Å². The van der Waals surface area contributed by atoms with Crippen molar-refractivity contribution >= 4 is 17.3 Å². The van der Waals surface area contributed by atoms with E-state index >= 15 is 0 Å². The van der Waals surface area contributed by atoms with Gasteiger partial charge in [0, 0.05) is 29.0 Å². The fraction of sp³-hybridized carbons (Fsp3) is 0.154. The van der Waals surface area contributed by atoms with E-state index in [1.54, 1.807) is 25.6 Å². The van der Waals surface area contributed by atoms with Gasteiger partial charge in [-0.2, -0.15) is 0 Å². The highest BCUT2D eigenvalue weighted by molar-refractivity contribution is 6.30. The van der Waals surface area contributed by atoms with Crippen LogP contribution in [-0.2, 0) is 6.54 Å². The van der Waals surface area contributed by atoms with E-state index in [0.717, 1.165) is 11.3 Å². The summed E-state index contributed by atoms with van der Waals surface area (Å²) in [5, 5.41) is 0.639. The van der Waals surface area contributed by atoms with Gasteiger partial charge in [-0.05, 0) is 18.2 Å². The van der Waals surface area contributed by atoms with E-state index in [2.05, 4.69) is 0 Å². The summed E-state index contributed by atoms with van der Waals surface area (Å²) < 4.78 is 7.07. The van der Waals surface area contributed by atoms with Crippen LogP contribution in [0.4, 0.5) is 5.69 Å². The van der Waals surface area contributed by atoms with E-state index in [-0.39, 0.29) is 11.1 Å². The summed E-state index contributed by atoms with van der Waals surface area (Å²) in [5.41, 5.74) is 6.55. The minimum Gasteiger partial charge on any atom is -0.496 e. The van der Waals surface area contributed by atoms with Gasteiger partial charge in [0.1, 0.15) is 5.75 Å². The Hall–Kier alpha value is -1.94. The van der Waals surface area contributed by atoms with Crippen LogP contribution >= 0.6 is 11.6 Å². The van der Waals surface area contributed by atoms with Crippen LogP contribution in [0.2, 0.25) is 5.02 Å². The minimum atomic E-state index is -0.177. The van der Waals surface area contributed by atoms with Crippen LogP contribution in [0.1, 0.15) is 5.56 Å². The van der Waals surface area contributed by atoms with Crippen LogP contribution in [0, 0.1) is 0 Å². The number of nitrogens with two attached hydrogens (primary N) is 1. The van der Waals surface area contributed by atoms with Gasteiger partial charge in [-0.1, -0.05) is 11.6 Å². The van der Waals surface area contributed by atoms with E-state index in [9.17, 15) is 4.79 Å². The Balaban J connectivity index is 2.35. The average Bonchev–Trinajstić information content (AvgIpc) is 2.34. The normalized spacial score (nSPS) is 10.3. The summed E-state index contributed by atoms with van der Waals surface area (Å²) in [5.74, 6) is 0.747. The molecule has 0 amide bonds. The highest BCUT2D eigenvalue weighted by atomic mass is 35.5. The largest absolute Gasteiger partial charge is 0.496 e. The number of pyridine rings is 1. The number of rotatable bonds is 3. The van der Waals surface area contributed by atoms with Crippen molar-refractivity contribution in [2.45, 2.75) is 6.54 Å². The second-order valence-corrected chi connectivity index (χ2v) is 4.33. The molecule has 2 rings (SSSR count). The third kappa shape index (κ3) is 2.65. The zero-order valence-electron chi connectivity index (χ0n) is 9.89. The summed E-state index contributed by atoms with van der Waals surface area (Å²) in [6.45, 7) is 0.536. The standard InChI is InChI=1S/C13H13ClN2O2/c1-18-13-3-2-10(14)6-9(13)7-16-5-4-12(17)11(15)8-16/h2-6,8H,7,15H2,1H3. The van der Waals surface area contributed by atoms with Crippen LogP contribution in [0.25, 0.3) is 0 Å². The monoisotopic (exact) mass is 264 g/mol. The Morgan fingerprint density at radius 3 is 2.83 bits per heavy atom. The van der Waals surface area contributed by atoms with Crippen molar-refractivity contribution in [1.82, 2.24) is 4.57 Å². The summed E-state index contributed by atoms with van der Waals surface area (Å²) in [6, 6.07) is 6.84. The molecule has 0 saturated heterocycles. The number of nitrogens with zero attached hydrogens (tertiary/aromatic N) is 1. The van der Waals surface area contributed by atoms with Crippen molar-refractivity contribution in [3.63, 3.8) is 0 Å². The van der Waals surface area contributed by atoms with Crippen LogP contribution in [0.3, 0.4) is 0 Å². The fourth-order valence-corrected chi connectivity index (χ4v) is 1.91. The average molecular weight is 265 g/mol. The Labute approximate surface area is 110 Å². The van der Waals surface area contributed by atoms with Crippen LogP contribution in [0.15, 0.2) is 41.5 Å². The third-order valence-corrected chi connectivity index (χ3v) is 2.84. The van der Waals surface area contributed by atoms with Gasteiger partial charge in [0.05, 0.1) is 19.3 Å². The highest BCUT2D eigenvalue weighted by Gasteiger charge is 2.05. The molecular formula is C13H13ClN2O2. The molecule has 2 N–H and O–H groups in total. The lowest BCUT2D eigenvalue weighted by Gasteiger charge is -2.11. The summed E-state index contributed by atoms with van der Waals surface area (Å²) in [4.78, 5) is 11.2. The molecule has 1 heterocycles. The van der Waals surface area contributed by atoms with Gasteiger partial charge in [0.15, 0.2) is 0 Å². The van der Waals surface area contributed by atoms with Gasteiger partial charge in [0.2, 0.25) is 5.43 Å². The molecule has 0 unspecified atom stereocenters. The summed E-state index contributed by atoms with van der Waals surface area (Å²) >= 11 is 5.96. The topological polar surface area (TPSA) is 57.2 Å². The SMILES string of the molecule is COc1ccc(Cl)cc1Cn1ccc(=O)c(N)c1. The van der Waals surface area contributed by atoms with Crippen molar-refractivity contribution in [2.75, 3.05) is 12.8 Å². The van der Waals surface area contributed by atoms with E-state index in [1.165, 1.54) is 6.07 Å². The van der Waals surface area contributed by atoms with Gasteiger partial charge >= 0.3 is 0 Å². The molecule has 0 fully saturated rings. The smallest absolute Gasteiger partial charge is 0.204 e. The number of methoxy groups -OCH3 is 1. The van der Waals surface area contributed by atoms with Crippen molar-refractivity contribution in [2.24, 2.45) is 0 Å². The minimum absolute atomic E-state index is 0.177. The van der Waals surface area contributed by atoms with Crippen LogP contribution < -0.4 is 15.9 Å². The second kappa shape index (κ2) is 5.14. The molecule has 1 aromatic carbocycles. The third-order valence-electron chi connectivity index (χ3n) is 2.60. The fourth-order valence-electron chi connectivity index (χ4n) is 1.71. The van der Waals surface area contributed by atoms with Gasteiger partial charge in [-0.25, -0.2) is 0 Å². The molecule has 0 aliphatic heterocycles. The molecule has 5 heteroatoms. The zero-order valence-corrected chi connectivity index (χ0v) is 10.6. The first-order valence-electron chi connectivity index (χ1n) is 5.38. The molecule has 0 aliphatic rings. The molecule has 0 bridgehead atoms. The number of hydrogen-bond acceptors (Lipinski definition) is 3. The molecule has 94 valence electrons. The number of aromatic nitrogens is 1. The molecule has 0 aliphatic carbocycles. The number of anilines is 1. The predicted molar refractivity (Wildman–Crippen MR) is 72.2 cm³/mol. The highest BCUT2D eigenvalue weighted by Crippen LogP contribution is 2.23. The van der Waals surface area contributed by atoms with Crippen molar-refractivity contribution in [3.05, 3.63) is 57.5 Å². The van der Waals surface area contributed by atoms with Gasteiger partial charge in [0.25, 0.3) is 0 Å². The molecule has 0 radical (unpaired) electrons. The first-order chi connectivity index (χ1) is 8.60. The number of hydrogen-bond donors (Lipinski definition) is 1. The molecule has 4 nitrogen and oxygen atoms in total. The second-order valence-electron chi connectivity index (χ2n) is 3.89. The van der Waals surface area contributed by atoms with E-state index in [0.29, 0.717) is 11.6 Å².